The Labute approximate surface area is 61.7 Å². The van der Waals surface area contributed by atoms with Crippen LogP contribution in [0, 0.1) is 0 Å². The third kappa shape index (κ3) is 0.724. The van der Waals surface area contributed by atoms with E-state index >= 15 is 0 Å². The summed E-state index contributed by atoms with van der Waals surface area (Å²) >= 11 is 1.52. The second-order valence-electron chi connectivity index (χ2n) is 2.01. The minimum absolute atomic E-state index is 0.275. The van der Waals surface area contributed by atoms with Crippen LogP contribution in [0.3, 0.4) is 0 Å². The van der Waals surface area contributed by atoms with E-state index in [2.05, 4.69) is 4.98 Å². The van der Waals surface area contributed by atoms with Gasteiger partial charge in [-0.3, -0.25) is 0 Å². The van der Waals surface area contributed by atoms with Crippen LogP contribution in [0.1, 0.15) is 15.4 Å². The van der Waals surface area contributed by atoms with Crippen LogP contribution in [-0.4, -0.2) is 17.6 Å². The molecule has 1 aliphatic rings. The summed E-state index contributed by atoms with van der Waals surface area (Å²) in [5.41, 5.74) is 2.19. The maximum Gasteiger partial charge on any atom is 0.358 e. The zero-order valence-electron chi connectivity index (χ0n) is 5.16. The molecule has 0 N–H and O–H groups in total. The van der Waals surface area contributed by atoms with E-state index in [0.29, 0.717) is 12.3 Å². The zero-order valence-corrected chi connectivity index (χ0v) is 5.98. The number of rotatable bonds is 0. The molecule has 10 heavy (non-hydrogen) atoms. The molecule has 4 heteroatoms. The average Bonchev–Trinajstić information content (AvgIpc) is 2.36. The van der Waals surface area contributed by atoms with Crippen molar-refractivity contribution in [2.75, 3.05) is 6.61 Å². The summed E-state index contributed by atoms with van der Waals surface area (Å²) in [6.07, 6.45) is 0.825. The molecule has 0 saturated heterocycles. The number of cyclic esters (lactones) is 1. The largest absolute Gasteiger partial charge is 0.461 e. The van der Waals surface area contributed by atoms with E-state index in [1.54, 1.807) is 5.51 Å². The topological polar surface area (TPSA) is 39.2 Å². The van der Waals surface area contributed by atoms with Gasteiger partial charge in [-0.2, -0.15) is 0 Å². The predicted molar refractivity (Wildman–Crippen MR) is 36.1 cm³/mol. The lowest BCUT2D eigenvalue weighted by Gasteiger charge is -2.08. The summed E-state index contributed by atoms with van der Waals surface area (Å²) in [7, 11) is 0. The number of esters is 1. The van der Waals surface area contributed by atoms with Crippen molar-refractivity contribution in [1.29, 1.82) is 0 Å². The Morgan fingerprint density at radius 3 is 3.40 bits per heavy atom. The van der Waals surface area contributed by atoms with Gasteiger partial charge in [0.05, 0.1) is 12.1 Å². The number of carbonyl (C=O) groups is 1. The maximum atomic E-state index is 10.9. The monoisotopic (exact) mass is 155 g/mol. The molecule has 0 fully saturated rings. The lowest BCUT2D eigenvalue weighted by molar-refractivity contribution is 0.0475. The van der Waals surface area contributed by atoms with Gasteiger partial charge < -0.3 is 4.74 Å². The number of aromatic nitrogens is 1. The highest BCUT2D eigenvalue weighted by Crippen LogP contribution is 2.18. The average molecular weight is 155 g/mol. The van der Waals surface area contributed by atoms with E-state index in [1.807, 2.05) is 0 Å². The van der Waals surface area contributed by atoms with E-state index in [0.717, 1.165) is 11.3 Å². The summed E-state index contributed by atoms with van der Waals surface area (Å²) in [6.45, 7) is 0.508. The smallest absolute Gasteiger partial charge is 0.358 e. The molecular weight excluding hydrogens is 150 g/mol. The normalized spacial score (nSPS) is 16.2. The van der Waals surface area contributed by atoms with Crippen molar-refractivity contribution in [3.05, 3.63) is 16.1 Å². The molecule has 0 aliphatic carbocycles. The van der Waals surface area contributed by atoms with E-state index in [4.69, 9.17) is 4.74 Å². The second-order valence-corrected chi connectivity index (χ2v) is 2.95. The van der Waals surface area contributed by atoms with Crippen LogP contribution in [0.4, 0.5) is 0 Å². The van der Waals surface area contributed by atoms with E-state index < -0.39 is 0 Å². The Morgan fingerprint density at radius 1 is 1.70 bits per heavy atom. The molecule has 0 amide bonds. The first-order chi connectivity index (χ1) is 4.88. The second kappa shape index (κ2) is 2.05. The van der Waals surface area contributed by atoms with Gasteiger partial charge in [-0.15, -0.1) is 11.3 Å². The van der Waals surface area contributed by atoms with E-state index in [1.165, 1.54) is 11.3 Å². The molecule has 3 nitrogen and oxygen atoms in total. The SMILES string of the molecule is O=C1OCCc2scnc21. The molecule has 0 spiro atoms. The number of hydrogen-bond acceptors (Lipinski definition) is 4. The number of ether oxygens (including phenoxy) is 1. The van der Waals surface area contributed by atoms with Crippen molar-refractivity contribution in [2.24, 2.45) is 0 Å². The predicted octanol–water partition coefficient (Wildman–Crippen LogP) is 0.856. The Morgan fingerprint density at radius 2 is 2.60 bits per heavy atom. The van der Waals surface area contributed by atoms with Gasteiger partial charge in [0.15, 0.2) is 5.69 Å². The van der Waals surface area contributed by atoms with Crippen LogP contribution in [-0.2, 0) is 11.2 Å². The molecule has 1 aromatic rings. The van der Waals surface area contributed by atoms with Gasteiger partial charge in [0.1, 0.15) is 0 Å². The number of fused-ring (bicyclic) bond motifs is 1. The third-order valence-corrected chi connectivity index (χ3v) is 2.29. The lowest BCUT2D eigenvalue weighted by atomic mass is 10.2. The van der Waals surface area contributed by atoms with Crippen LogP contribution in [0.5, 0.6) is 0 Å². The van der Waals surface area contributed by atoms with Crippen LogP contribution in [0.15, 0.2) is 5.51 Å². The third-order valence-electron chi connectivity index (χ3n) is 1.40. The molecule has 2 heterocycles. The standard InChI is InChI=1S/C6H5NO2S/c8-6-5-4(1-2-9-6)10-3-7-5/h3H,1-2H2. The Kier molecular flexibility index (Phi) is 1.20. The minimum Gasteiger partial charge on any atom is -0.461 e. The molecule has 0 unspecified atom stereocenters. The highest BCUT2D eigenvalue weighted by Gasteiger charge is 2.20. The minimum atomic E-state index is -0.275. The van der Waals surface area contributed by atoms with Gasteiger partial charge in [-0.1, -0.05) is 0 Å². The highest BCUT2D eigenvalue weighted by atomic mass is 32.1. The van der Waals surface area contributed by atoms with Gasteiger partial charge in [-0.05, 0) is 0 Å². The molecule has 0 saturated carbocycles. The van der Waals surface area contributed by atoms with Crippen molar-refractivity contribution in [3.8, 4) is 0 Å². The molecule has 52 valence electrons. The van der Waals surface area contributed by atoms with Crippen molar-refractivity contribution in [1.82, 2.24) is 4.98 Å². The molecule has 0 aromatic carbocycles. The first-order valence-electron chi connectivity index (χ1n) is 2.97. The Hall–Kier alpha value is -0.900. The Balaban J connectivity index is 2.50. The van der Waals surface area contributed by atoms with Crippen molar-refractivity contribution >= 4 is 17.3 Å². The number of carbonyl (C=O) groups excluding carboxylic acids is 1. The molecular formula is C6H5NO2S. The van der Waals surface area contributed by atoms with Crippen LogP contribution >= 0.6 is 11.3 Å². The zero-order chi connectivity index (χ0) is 6.97. The molecule has 2 rings (SSSR count). The van der Waals surface area contributed by atoms with Gasteiger partial charge in [0.2, 0.25) is 0 Å². The summed E-state index contributed by atoms with van der Waals surface area (Å²) in [5.74, 6) is -0.275. The first-order valence-corrected chi connectivity index (χ1v) is 3.85. The molecule has 0 atom stereocenters. The van der Waals surface area contributed by atoms with Crippen LogP contribution in [0.2, 0.25) is 0 Å². The van der Waals surface area contributed by atoms with Gasteiger partial charge in [-0.25, -0.2) is 9.78 Å². The fourth-order valence-corrected chi connectivity index (χ4v) is 1.65. The lowest BCUT2D eigenvalue weighted by Crippen LogP contribution is -2.16. The van der Waals surface area contributed by atoms with Crippen LogP contribution < -0.4 is 0 Å². The fourth-order valence-electron chi connectivity index (χ4n) is 0.919. The van der Waals surface area contributed by atoms with Crippen LogP contribution in [0.25, 0.3) is 0 Å². The molecule has 1 aliphatic heterocycles. The Bertz CT molecular complexity index is 268. The molecule has 1 aromatic heterocycles. The van der Waals surface area contributed by atoms with E-state index in [9.17, 15) is 4.79 Å². The van der Waals surface area contributed by atoms with Crippen molar-refractivity contribution in [2.45, 2.75) is 6.42 Å². The van der Waals surface area contributed by atoms with Gasteiger partial charge >= 0.3 is 5.97 Å². The van der Waals surface area contributed by atoms with Gasteiger partial charge in [0, 0.05) is 11.3 Å². The number of thiazole rings is 1. The van der Waals surface area contributed by atoms with Gasteiger partial charge in [0.25, 0.3) is 0 Å². The quantitative estimate of drug-likeness (QED) is 0.521. The maximum absolute atomic E-state index is 10.9. The molecule has 0 radical (unpaired) electrons. The van der Waals surface area contributed by atoms with E-state index in [-0.39, 0.29) is 5.97 Å². The first kappa shape index (κ1) is 5.85. The highest BCUT2D eigenvalue weighted by molar-refractivity contribution is 7.09. The summed E-state index contributed by atoms with van der Waals surface area (Å²) in [6, 6.07) is 0. The number of nitrogens with zero attached hydrogens (tertiary/aromatic N) is 1. The van der Waals surface area contributed by atoms with Crippen molar-refractivity contribution in [3.63, 3.8) is 0 Å². The number of hydrogen-bond donors (Lipinski definition) is 0. The van der Waals surface area contributed by atoms with Crippen molar-refractivity contribution < 1.29 is 9.53 Å². The summed E-state index contributed by atoms with van der Waals surface area (Å²) in [4.78, 5) is 15.8. The summed E-state index contributed by atoms with van der Waals surface area (Å²) in [5, 5.41) is 0. The fraction of sp³-hybridized carbons (Fsp3) is 0.333. The summed E-state index contributed by atoms with van der Waals surface area (Å²) < 4.78 is 4.77. The molecule has 0 bridgehead atoms.